The van der Waals surface area contributed by atoms with Gasteiger partial charge in [-0.15, -0.1) is 0 Å². The van der Waals surface area contributed by atoms with Gasteiger partial charge in [-0.2, -0.15) is 0 Å². The molecule has 2 fully saturated rings. The van der Waals surface area contributed by atoms with E-state index < -0.39 is 14.2 Å². The van der Waals surface area contributed by atoms with Gasteiger partial charge in [-0.3, -0.25) is 0 Å². The maximum atomic E-state index is 14.1. The number of imidazole rings is 1. The fraction of sp³-hybridized carbons (Fsp3) is 0.591. The van der Waals surface area contributed by atoms with E-state index in [1.165, 1.54) is 18.9 Å². The Morgan fingerprint density at radius 3 is 2.89 bits per heavy atom. The van der Waals surface area contributed by atoms with Crippen molar-refractivity contribution in [1.29, 1.82) is 0 Å². The van der Waals surface area contributed by atoms with Crippen molar-refractivity contribution in [2.75, 3.05) is 6.61 Å². The van der Waals surface area contributed by atoms with Gasteiger partial charge in [0.05, 0.1) is 0 Å². The second kappa shape index (κ2) is 7.39. The van der Waals surface area contributed by atoms with E-state index in [1.807, 2.05) is 10.8 Å². The van der Waals surface area contributed by atoms with E-state index in [9.17, 15) is 9.50 Å². The normalized spacial score (nSPS) is 25.0. The molecule has 4 rings (SSSR count). The summed E-state index contributed by atoms with van der Waals surface area (Å²) in [6.07, 6.45) is 7.27. The van der Waals surface area contributed by atoms with E-state index in [0.717, 1.165) is 36.6 Å². The zero-order valence-electron chi connectivity index (χ0n) is 17.1. The molecule has 6 heteroatoms. The number of hydrogen-bond donors (Lipinski definition) is 1. The fourth-order valence-corrected chi connectivity index (χ4v) is 5.51. The van der Waals surface area contributed by atoms with Crippen LogP contribution in [-0.2, 0) is 16.9 Å². The zero-order valence-corrected chi connectivity index (χ0v) is 18.1. The summed E-state index contributed by atoms with van der Waals surface area (Å²) in [5.74, 6) is 0.980. The molecule has 0 bridgehead atoms. The molecule has 0 saturated heterocycles. The summed E-state index contributed by atoms with van der Waals surface area (Å²) in [7, 11) is -1.13. The minimum Gasteiger partial charge on any atom is -0.380 e. The van der Waals surface area contributed by atoms with Crippen molar-refractivity contribution < 1.29 is 14.2 Å². The second-order valence-electron chi connectivity index (χ2n) is 9.69. The third kappa shape index (κ3) is 3.82. The number of benzene rings is 1. The molecule has 3 unspecified atom stereocenters. The zero-order chi connectivity index (χ0) is 19.9. The molecule has 3 atom stereocenters. The number of fused-ring (bicyclic) bond motifs is 1. The van der Waals surface area contributed by atoms with Crippen LogP contribution >= 0.6 is 0 Å². The Bertz CT molecular complexity index is 847. The molecule has 0 aliphatic heterocycles. The van der Waals surface area contributed by atoms with Crippen molar-refractivity contribution in [3.63, 3.8) is 0 Å². The summed E-state index contributed by atoms with van der Waals surface area (Å²) in [6, 6.07) is 5.93. The average Bonchev–Trinajstić information content (AvgIpc) is 2.99. The lowest BCUT2D eigenvalue weighted by Crippen LogP contribution is -2.22. The van der Waals surface area contributed by atoms with Crippen LogP contribution < -0.4 is 0 Å². The van der Waals surface area contributed by atoms with Gasteiger partial charge in [-0.05, 0) is 59.9 Å². The van der Waals surface area contributed by atoms with E-state index in [0.29, 0.717) is 18.5 Å². The number of ether oxygens (including phenoxy) is 1. The summed E-state index contributed by atoms with van der Waals surface area (Å²) in [6.45, 7) is 8.07. The Kier molecular flexibility index (Phi) is 5.23. The Balaban J connectivity index is 1.53. The van der Waals surface area contributed by atoms with Crippen molar-refractivity contribution in [3.05, 3.63) is 53.4 Å². The van der Waals surface area contributed by atoms with Crippen LogP contribution in [0.5, 0.6) is 0 Å². The first-order chi connectivity index (χ1) is 13.3. The smallest absolute Gasteiger partial charge is 0.144 e. The maximum absolute atomic E-state index is 14.1. The van der Waals surface area contributed by atoms with E-state index in [1.54, 1.807) is 18.3 Å². The van der Waals surface area contributed by atoms with E-state index >= 15 is 0 Å². The predicted octanol–water partition coefficient (Wildman–Crippen LogP) is 4.86. The maximum Gasteiger partial charge on any atom is 0.144 e. The standard InChI is InChI=1S/C22H31FN2O2Si/c1-28(2,3)12-11-27-15-25-10-9-24-21(25)20(26)18-7-6-17(23)13-19(18)22-8-4-5-16(22)14-22/h6-7,9-10,13,16,20,26H,4-5,8,11-12,14-15H2,1-3H3. The highest BCUT2D eigenvalue weighted by Crippen LogP contribution is 2.65. The number of aliphatic hydroxyl groups is 1. The highest BCUT2D eigenvalue weighted by atomic mass is 28.3. The summed E-state index contributed by atoms with van der Waals surface area (Å²) in [5, 5.41) is 11.2. The van der Waals surface area contributed by atoms with E-state index in [4.69, 9.17) is 4.74 Å². The van der Waals surface area contributed by atoms with Gasteiger partial charge in [0.15, 0.2) is 0 Å². The number of halogens is 1. The molecule has 2 aromatic rings. The van der Waals surface area contributed by atoms with Gasteiger partial charge < -0.3 is 14.4 Å². The molecule has 28 heavy (non-hydrogen) atoms. The molecule has 152 valence electrons. The number of rotatable bonds is 8. The largest absolute Gasteiger partial charge is 0.380 e. The third-order valence-electron chi connectivity index (χ3n) is 6.47. The molecule has 1 N–H and O–H groups in total. The summed E-state index contributed by atoms with van der Waals surface area (Å²) >= 11 is 0. The number of aliphatic hydroxyl groups excluding tert-OH is 1. The van der Waals surface area contributed by atoms with E-state index in [-0.39, 0.29) is 11.2 Å². The van der Waals surface area contributed by atoms with Crippen LogP contribution in [0.1, 0.15) is 48.7 Å². The Morgan fingerprint density at radius 1 is 1.39 bits per heavy atom. The quantitative estimate of drug-likeness (QED) is 0.507. The van der Waals surface area contributed by atoms with Gasteiger partial charge >= 0.3 is 0 Å². The molecule has 0 radical (unpaired) electrons. The molecule has 4 nitrogen and oxygen atoms in total. The van der Waals surface area contributed by atoms with Gasteiger partial charge in [0.1, 0.15) is 24.5 Å². The highest BCUT2D eigenvalue weighted by Gasteiger charge is 2.58. The lowest BCUT2D eigenvalue weighted by atomic mass is 9.87. The van der Waals surface area contributed by atoms with Crippen molar-refractivity contribution in [2.24, 2.45) is 5.92 Å². The fourth-order valence-electron chi connectivity index (χ4n) is 4.75. The van der Waals surface area contributed by atoms with Crippen LogP contribution in [0.3, 0.4) is 0 Å². The van der Waals surface area contributed by atoms with Gasteiger partial charge in [0, 0.05) is 27.1 Å². The molecule has 0 spiro atoms. The number of aromatic nitrogens is 2. The summed E-state index contributed by atoms with van der Waals surface area (Å²) < 4.78 is 21.8. The molecule has 1 heterocycles. The molecular weight excluding hydrogens is 371 g/mol. The molecule has 2 aliphatic carbocycles. The first-order valence-corrected chi connectivity index (χ1v) is 14.1. The first-order valence-electron chi connectivity index (χ1n) is 10.4. The number of hydrogen-bond acceptors (Lipinski definition) is 3. The summed E-state index contributed by atoms with van der Waals surface area (Å²) in [4.78, 5) is 4.39. The molecule has 2 aliphatic rings. The Morgan fingerprint density at radius 2 is 2.21 bits per heavy atom. The summed E-state index contributed by atoms with van der Waals surface area (Å²) in [5.41, 5.74) is 1.85. The van der Waals surface area contributed by atoms with Gasteiger partial charge in [0.2, 0.25) is 0 Å². The Labute approximate surface area is 167 Å². The van der Waals surface area contributed by atoms with Crippen LogP contribution in [0.25, 0.3) is 0 Å². The lowest BCUT2D eigenvalue weighted by molar-refractivity contribution is 0.0785. The van der Waals surface area contributed by atoms with E-state index in [2.05, 4.69) is 24.6 Å². The van der Waals surface area contributed by atoms with Gasteiger partial charge in [-0.25, -0.2) is 9.37 Å². The van der Waals surface area contributed by atoms with Crippen LogP contribution in [0.2, 0.25) is 25.7 Å². The van der Waals surface area contributed by atoms with Crippen molar-refractivity contribution >= 4 is 8.07 Å². The molecule has 1 aromatic heterocycles. The SMILES string of the molecule is C[Si](C)(C)CCOCn1ccnc1C(O)c1ccc(F)cc1C12CCCC1C2. The minimum atomic E-state index is -1.13. The van der Waals surface area contributed by atoms with Gasteiger partial charge in [-0.1, -0.05) is 32.1 Å². The van der Waals surface area contributed by atoms with Crippen LogP contribution in [0, 0.1) is 11.7 Å². The molecule has 0 amide bonds. The monoisotopic (exact) mass is 402 g/mol. The minimum absolute atomic E-state index is 0.0731. The third-order valence-corrected chi connectivity index (χ3v) is 8.18. The average molecular weight is 403 g/mol. The van der Waals surface area contributed by atoms with Crippen LogP contribution in [0.15, 0.2) is 30.6 Å². The molecule has 1 aromatic carbocycles. The molecule has 2 saturated carbocycles. The highest BCUT2D eigenvalue weighted by molar-refractivity contribution is 6.76. The lowest BCUT2D eigenvalue weighted by Gasteiger charge is -2.22. The number of nitrogens with zero attached hydrogens (tertiary/aromatic N) is 2. The Hall–Kier alpha value is -1.50. The van der Waals surface area contributed by atoms with Crippen molar-refractivity contribution in [1.82, 2.24) is 9.55 Å². The topological polar surface area (TPSA) is 47.3 Å². The first kappa shape index (κ1) is 19.8. The molecular formula is C22H31FN2O2Si. The van der Waals surface area contributed by atoms with Gasteiger partial charge in [0.25, 0.3) is 0 Å². The second-order valence-corrected chi connectivity index (χ2v) is 15.3. The van der Waals surface area contributed by atoms with Crippen molar-refractivity contribution in [3.8, 4) is 0 Å². The predicted molar refractivity (Wildman–Crippen MR) is 110 cm³/mol. The van der Waals surface area contributed by atoms with Crippen LogP contribution in [0.4, 0.5) is 4.39 Å². The van der Waals surface area contributed by atoms with Crippen LogP contribution in [-0.4, -0.2) is 29.3 Å². The van der Waals surface area contributed by atoms with Crippen molar-refractivity contribution in [2.45, 2.75) is 69.6 Å².